The smallest absolute Gasteiger partial charge is 0.143 e. The third-order valence-electron chi connectivity index (χ3n) is 4.17. The van der Waals surface area contributed by atoms with Crippen molar-refractivity contribution in [3.63, 3.8) is 0 Å². The van der Waals surface area contributed by atoms with E-state index in [2.05, 4.69) is 17.6 Å². The van der Waals surface area contributed by atoms with Crippen molar-refractivity contribution >= 4 is 23.0 Å². The summed E-state index contributed by atoms with van der Waals surface area (Å²) in [6.45, 7) is 3.17. The standard InChI is InChI=1S/C14H18ClFN2/c1-9-3-2-4-14(7-9)8-17-12-6-11(16)10(15)5-13(12)18-14/h5-6,9,17-18H,2-4,7-8H2,1H3. The predicted octanol–water partition coefficient (Wildman–Crippen LogP) is 4.27. The molecule has 0 radical (unpaired) electrons. The lowest BCUT2D eigenvalue weighted by atomic mass is 9.75. The summed E-state index contributed by atoms with van der Waals surface area (Å²) < 4.78 is 13.4. The van der Waals surface area contributed by atoms with Crippen LogP contribution in [-0.2, 0) is 0 Å². The van der Waals surface area contributed by atoms with Crippen molar-refractivity contribution in [1.29, 1.82) is 0 Å². The summed E-state index contributed by atoms with van der Waals surface area (Å²) in [6, 6.07) is 3.17. The molecule has 0 saturated heterocycles. The van der Waals surface area contributed by atoms with Gasteiger partial charge in [0.2, 0.25) is 0 Å². The number of rotatable bonds is 0. The van der Waals surface area contributed by atoms with Gasteiger partial charge in [0.15, 0.2) is 0 Å². The van der Waals surface area contributed by atoms with Gasteiger partial charge in [-0.3, -0.25) is 0 Å². The molecule has 1 heterocycles. The van der Waals surface area contributed by atoms with Gasteiger partial charge in [0.25, 0.3) is 0 Å². The molecule has 2 atom stereocenters. The molecular weight excluding hydrogens is 251 g/mol. The van der Waals surface area contributed by atoms with E-state index in [1.165, 1.54) is 25.3 Å². The Kier molecular flexibility index (Phi) is 2.89. The second kappa shape index (κ2) is 4.30. The quantitative estimate of drug-likeness (QED) is 0.734. The Morgan fingerprint density at radius 3 is 3.00 bits per heavy atom. The van der Waals surface area contributed by atoms with Crippen molar-refractivity contribution in [3.8, 4) is 0 Å². The summed E-state index contributed by atoms with van der Waals surface area (Å²) in [7, 11) is 0. The van der Waals surface area contributed by atoms with Crippen LogP contribution in [0.3, 0.4) is 0 Å². The summed E-state index contributed by atoms with van der Waals surface area (Å²) in [4.78, 5) is 0. The highest BCUT2D eigenvalue weighted by atomic mass is 35.5. The van der Waals surface area contributed by atoms with E-state index in [4.69, 9.17) is 11.6 Å². The minimum atomic E-state index is -0.363. The van der Waals surface area contributed by atoms with Crippen LogP contribution in [0.15, 0.2) is 12.1 Å². The van der Waals surface area contributed by atoms with Gasteiger partial charge in [0, 0.05) is 12.6 Å². The first-order valence-corrected chi connectivity index (χ1v) is 6.97. The summed E-state index contributed by atoms with van der Waals surface area (Å²) in [6.07, 6.45) is 4.88. The maximum Gasteiger partial charge on any atom is 0.143 e. The van der Waals surface area contributed by atoms with Crippen LogP contribution in [-0.4, -0.2) is 12.1 Å². The molecule has 1 aromatic carbocycles. The number of benzene rings is 1. The molecule has 18 heavy (non-hydrogen) atoms. The Labute approximate surface area is 112 Å². The number of hydrogen-bond donors (Lipinski definition) is 2. The number of anilines is 2. The van der Waals surface area contributed by atoms with Crippen molar-refractivity contribution in [3.05, 3.63) is 23.0 Å². The molecule has 3 rings (SSSR count). The summed E-state index contributed by atoms with van der Waals surface area (Å²) >= 11 is 5.86. The minimum Gasteiger partial charge on any atom is -0.381 e. The molecule has 2 aliphatic rings. The molecule has 1 spiro atoms. The molecular formula is C14H18ClFN2. The molecule has 1 aliphatic heterocycles. The molecule has 1 saturated carbocycles. The van der Waals surface area contributed by atoms with Crippen molar-refractivity contribution in [2.24, 2.45) is 5.92 Å². The van der Waals surface area contributed by atoms with E-state index in [1.54, 1.807) is 6.07 Å². The maximum atomic E-state index is 13.4. The fourth-order valence-corrected chi connectivity index (χ4v) is 3.49. The van der Waals surface area contributed by atoms with Crippen LogP contribution >= 0.6 is 11.6 Å². The molecule has 0 aromatic heterocycles. The van der Waals surface area contributed by atoms with Crippen LogP contribution in [0.5, 0.6) is 0 Å². The molecule has 1 aliphatic carbocycles. The summed E-state index contributed by atoms with van der Waals surface area (Å²) in [5.74, 6) is 0.378. The number of fused-ring (bicyclic) bond motifs is 1. The van der Waals surface area contributed by atoms with Gasteiger partial charge in [-0.1, -0.05) is 31.4 Å². The molecule has 98 valence electrons. The van der Waals surface area contributed by atoms with E-state index in [0.717, 1.165) is 30.3 Å². The first-order valence-electron chi connectivity index (χ1n) is 6.59. The molecule has 0 amide bonds. The SMILES string of the molecule is CC1CCCC2(CNc3cc(F)c(Cl)cc3N2)C1. The highest BCUT2D eigenvalue weighted by Gasteiger charge is 2.37. The second-order valence-corrected chi connectivity index (χ2v) is 6.18. The monoisotopic (exact) mass is 268 g/mol. The normalized spacial score (nSPS) is 30.5. The summed E-state index contributed by atoms with van der Waals surface area (Å²) in [5, 5.41) is 7.13. The first kappa shape index (κ1) is 12.1. The van der Waals surface area contributed by atoms with E-state index >= 15 is 0 Å². The zero-order valence-electron chi connectivity index (χ0n) is 10.5. The lowest BCUT2D eigenvalue weighted by Crippen LogP contribution is -2.50. The molecule has 2 nitrogen and oxygen atoms in total. The van der Waals surface area contributed by atoms with Crippen LogP contribution < -0.4 is 10.6 Å². The average Bonchev–Trinajstić information content (AvgIpc) is 2.31. The van der Waals surface area contributed by atoms with Gasteiger partial charge in [-0.2, -0.15) is 0 Å². The number of nitrogens with one attached hydrogen (secondary N) is 2. The maximum absolute atomic E-state index is 13.4. The summed E-state index contributed by atoms with van der Waals surface area (Å²) in [5.41, 5.74) is 1.87. The Morgan fingerprint density at radius 1 is 1.39 bits per heavy atom. The molecule has 4 heteroatoms. The van der Waals surface area contributed by atoms with E-state index in [1.807, 2.05) is 0 Å². The predicted molar refractivity (Wildman–Crippen MR) is 73.9 cm³/mol. The van der Waals surface area contributed by atoms with E-state index in [0.29, 0.717) is 0 Å². The Balaban J connectivity index is 1.90. The van der Waals surface area contributed by atoms with Crippen LogP contribution in [0, 0.1) is 11.7 Å². The van der Waals surface area contributed by atoms with Crippen LogP contribution in [0.1, 0.15) is 32.6 Å². The highest BCUT2D eigenvalue weighted by Crippen LogP contribution is 2.41. The van der Waals surface area contributed by atoms with Crippen LogP contribution in [0.2, 0.25) is 5.02 Å². The molecule has 1 aromatic rings. The van der Waals surface area contributed by atoms with Gasteiger partial charge in [-0.05, 0) is 24.8 Å². The van der Waals surface area contributed by atoms with Crippen molar-refractivity contribution in [2.45, 2.75) is 38.1 Å². The fourth-order valence-electron chi connectivity index (χ4n) is 3.32. The number of hydrogen-bond acceptors (Lipinski definition) is 2. The number of halogens is 2. The third-order valence-corrected chi connectivity index (χ3v) is 4.46. The van der Waals surface area contributed by atoms with E-state index in [-0.39, 0.29) is 16.4 Å². The Bertz CT molecular complexity index is 477. The van der Waals surface area contributed by atoms with Gasteiger partial charge in [0.1, 0.15) is 5.82 Å². The largest absolute Gasteiger partial charge is 0.381 e. The Hall–Kier alpha value is -0.960. The zero-order valence-corrected chi connectivity index (χ0v) is 11.3. The first-order chi connectivity index (χ1) is 8.58. The minimum absolute atomic E-state index is 0.117. The fraction of sp³-hybridized carbons (Fsp3) is 0.571. The van der Waals surface area contributed by atoms with Gasteiger partial charge in [-0.25, -0.2) is 4.39 Å². The van der Waals surface area contributed by atoms with E-state index < -0.39 is 0 Å². The molecule has 0 bridgehead atoms. The lowest BCUT2D eigenvalue weighted by Gasteiger charge is -2.45. The van der Waals surface area contributed by atoms with Crippen molar-refractivity contribution < 1.29 is 4.39 Å². The van der Waals surface area contributed by atoms with Gasteiger partial charge < -0.3 is 10.6 Å². The van der Waals surface area contributed by atoms with Gasteiger partial charge >= 0.3 is 0 Å². The van der Waals surface area contributed by atoms with Gasteiger partial charge in [0.05, 0.1) is 21.9 Å². The second-order valence-electron chi connectivity index (χ2n) is 5.77. The Morgan fingerprint density at radius 2 is 2.22 bits per heavy atom. The highest BCUT2D eigenvalue weighted by molar-refractivity contribution is 6.31. The topological polar surface area (TPSA) is 24.1 Å². The van der Waals surface area contributed by atoms with Crippen LogP contribution in [0.25, 0.3) is 0 Å². The van der Waals surface area contributed by atoms with Crippen molar-refractivity contribution in [1.82, 2.24) is 0 Å². The zero-order chi connectivity index (χ0) is 12.8. The molecule has 2 N–H and O–H groups in total. The van der Waals surface area contributed by atoms with Crippen molar-refractivity contribution in [2.75, 3.05) is 17.2 Å². The molecule has 1 fully saturated rings. The third kappa shape index (κ3) is 2.05. The average molecular weight is 269 g/mol. The van der Waals surface area contributed by atoms with Crippen LogP contribution in [0.4, 0.5) is 15.8 Å². The lowest BCUT2D eigenvalue weighted by molar-refractivity contribution is 0.266. The molecule has 2 unspecified atom stereocenters. The van der Waals surface area contributed by atoms with E-state index in [9.17, 15) is 4.39 Å². The van der Waals surface area contributed by atoms with Gasteiger partial charge in [-0.15, -0.1) is 0 Å².